The monoisotopic (exact) mass is 458 g/mol. The highest BCUT2D eigenvalue weighted by molar-refractivity contribution is 5.92. The van der Waals surface area contributed by atoms with Crippen molar-refractivity contribution in [2.75, 3.05) is 0 Å². The second-order valence-corrected chi connectivity index (χ2v) is 8.69. The van der Waals surface area contributed by atoms with Gasteiger partial charge in [-0.15, -0.1) is 0 Å². The number of hydrogen-bond donors (Lipinski definition) is 3. The Hall–Kier alpha value is -1.96. The third-order valence-corrected chi connectivity index (χ3v) is 5.64. The van der Waals surface area contributed by atoms with Crippen LogP contribution in [0, 0.1) is 5.92 Å². The summed E-state index contributed by atoms with van der Waals surface area (Å²) in [6.07, 6.45) is 11.7. The van der Waals surface area contributed by atoms with E-state index in [0.717, 1.165) is 64.2 Å². The second-order valence-electron chi connectivity index (χ2n) is 8.69. The lowest BCUT2D eigenvalue weighted by molar-refractivity contribution is -0.175. The maximum atomic E-state index is 12.6. The van der Waals surface area contributed by atoms with Crippen LogP contribution in [-0.2, 0) is 23.9 Å². The standard InChI is InChI=1S/C24H42O8/c1-3-5-7-9-11-13-15-19(16-14-12-10-8-6-4-2)22(28)32-21(27)18-24(31,23(29)30)17-20(25)26/h19,31H,3-18H2,1-2H3,(H,25,26)(H,29,30). The van der Waals surface area contributed by atoms with Gasteiger partial charge in [0, 0.05) is 0 Å². The molecule has 0 aliphatic carbocycles. The number of carboxylic acids is 2. The fourth-order valence-corrected chi connectivity index (χ4v) is 3.66. The number of ether oxygens (including phenoxy) is 1. The highest BCUT2D eigenvalue weighted by atomic mass is 16.6. The summed E-state index contributed by atoms with van der Waals surface area (Å²) in [5.41, 5.74) is -2.81. The molecule has 0 bridgehead atoms. The molecule has 0 radical (unpaired) electrons. The van der Waals surface area contributed by atoms with Gasteiger partial charge >= 0.3 is 23.9 Å². The minimum absolute atomic E-state index is 0.464. The number of aliphatic carboxylic acids is 2. The third kappa shape index (κ3) is 14.2. The summed E-state index contributed by atoms with van der Waals surface area (Å²) in [5, 5.41) is 27.8. The molecule has 0 saturated heterocycles. The molecule has 0 saturated carbocycles. The molecule has 3 N–H and O–H groups in total. The Balaban J connectivity index is 4.78. The van der Waals surface area contributed by atoms with Gasteiger partial charge in [0.05, 0.1) is 18.8 Å². The predicted octanol–water partition coefficient (Wildman–Crippen LogP) is 4.85. The van der Waals surface area contributed by atoms with E-state index in [2.05, 4.69) is 13.8 Å². The van der Waals surface area contributed by atoms with Crippen LogP contribution in [0.3, 0.4) is 0 Å². The number of carbonyl (C=O) groups excluding carboxylic acids is 2. The lowest BCUT2D eigenvalue weighted by Crippen LogP contribution is -2.43. The quantitative estimate of drug-likeness (QED) is 0.134. The first-order chi connectivity index (χ1) is 15.2. The van der Waals surface area contributed by atoms with Crippen LogP contribution >= 0.6 is 0 Å². The summed E-state index contributed by atoms with van der Waals surface area (Å²) in [7, 11) is 0. The Morgan fingerprint density at radius 3 is 1.56 bits per heavy atom. The van der Waals surface area contributed by atoms with Gasteiger partial charge < -0.3 is 20.1 Å². The predicted molar refractivity (Wildman–Crippen MR) is 120 cm³/mol. The number of carboxylic acid groups (broad SMARTS) is 2. The summed E-state index contributed by atoms with van der Waals surface area (Å²) in [5.74, 6) is -5.83. The molecule has 0 aromatic rings. The third-order valence-electron chi connectivity index (χ3n) is 5.64. The average molecular weight is 459 g/mol. The van der Waals surface area contributed by atoms with Crippen LogP contribution in [-0.4, -0.2) is 44.8 Å². The molecule has 1 unspecified atom stereocenters. The van der Waals surface area contributed by atoms with Gasteiger partial charge in [-0.3, -0.25) is 14.4 Å². The van der Waals surface area contributed by atoms with Crippen LogP contribution in [0.4, 0.5) is 0 Å². The summed E-state index contributed by atoms with van der Waals surface area (Å²) in [6.45, 7) is 4.29. The molecule has 0 amide bonds. The zero-order valence-corrected chi connectivity index (χ0v) is 19.8. The molecule has 0 aliphatic heterocycles. The summed E-state index contributed by atoms with van der Waals surface area (Å²) in [4.78, 5) is 46.7. The zero-order chi connectivity index (χ0) is 24.4. The topological polar surface area (TPSA) is 138 Å². The first-order valence-corrected chi connectivity index (χ1v) is 12.1. The van der Waals surface area contributed by atoms with Crippen LogP contribution in [0.1, 0.15) is 117 Å². The van der Waals surface area contributed by atoms with E-state index in [1.54, 1.807) is 0 Å². The minimum Gasteiger partial charge on any atom is -0.481 e. The Morgan fingerprint density at radius 2 is 1.16 bits per heavy atom. The number of carbonyl (C=O) groups is 4. The van der Waals surface area contributed by atoms with Gasteiger partial charge in [-0.2, -0.15) is 0 Å². The first kappa shape index (κ1) is 30.0. The molecule has 0 aromatic carbocycles. The SMILES string of the molecule is CCCCCCCCC(CCCCCCCC)C(=O)OC(=O)CC(O)(CC(=O)O)C(=O)O. The molecule has 0 aliphatic rings. The molecular formula is C24H42O8. The van der Waals surface area contributed by atoms with Crippen molar-refractivity contribution < 1.29 is 39.2 Å². The van der Waals surface area contributed by atoms with Crippen molar-refractivity contribution in [1.29, 1.82) is 0 Å². The second kappa shape index (κ2) is 17.6. The Kier molecular flexibility index (Phi) is 16.5. The molecule has 0 aromatic heterocycles. The van der Waals surface area contributed by atoms with Crippen LogP contribution in [0.25, 0.3) is 0 Å². The van der Waals surface area contributed by atoms with Gasteiger partial charge in [0.25, 0.3) is 0 Å². The van der Waals surface area contributed by atoms with Gasteiger partial charge in [-0.05, 0) is 12.8 Å². The number of unbranched alkanes of at least 4 members (excludes halogenated alkanes) is 10. The first-order valence-electron chi connectivity index (χ1n) is 12.1. The van der Waals surface area contributed by atoms with Crippen molar-refractivity contribution in [3.05, 3.63) is 0 Å². The van der Waals surface area contributed by atoms with Crippen LogP contribution in [0.5, 0.6) is 0 Å². The normalized spacial score (nSPS) is 13.0. The van der Waals surface area contributed by atoms with Gasteiger partial charge in [0.2, 0.25) is 0 Å². The maximum Gasteiger partial charge on any atom is 0.336 e. The summed E-state index contributed by atoms with van der Waals surface area (Å²) in [6, 6.07) is 0. The molecule has 8 heteroatoms. The van der Waals surface area contributed by atoms with E-state index < -0.39 is 48.2 Å². The molecule has 32 heavy (non-hydrogen) atoms. The molecular weight excluding hydrogens is 416 g/mol. The molecule has 186 valence electrons. The van der Waals surface area contributed by atoms with Crippen LogP contribution < -0.4 is 0 Å². The van der Waals surface area contributed by atoms with Crippen molar-refractivity contribution in [3.8, 4) is 0 Å². The highest BCUT2D eigenvalue weighted by Gasteiger charge is 2.42. The average Bonchev–Trinajstić information content (AvgIpc) is 2.70. The number of aliphatic hydroxyl groups is 1. The van der Waals surface area contributed by atoms with Gasteiger partial charge in [-0.25, -0.2) is 4.79 Å². The number of rotatable bonds is 20. The van der Waals surface area contributed by atoms with Crippen molar-refractivity contribution >= 4 is 23.9 Å². The summed E-state index contributed by atoms with van der Waals surface area (Å²) < 4.78 is 4.84. The Morgan fingerprint density at radius 1 is 0.719 bits per heavy atom. The van der Waals surface area contributed by atoms with Gasteiger partial charge in [-0.1, -0.05) is 90.9 Å². The molecule has 1 atom stereocenters. The molecule has 0 fully saturated rings. The molecule has 8 nitrogen and oxygen atoms in total. The Bertz CT molecular complexity index is 558. The van der Waals surface area contributed by atoms with E-state index in [1.165, 1.54) is 12.8 Å². The van der Waals surface area contributed by atoms with E-state index >= 15 is 0 Å². The smallest absolute Gasteiger partial charge is 0.336 e. The van der Waals surface area contributed by atoms with Crippen molar-refractivity contribution in [2.24, 2.45) is 5.92 Å². The van der Waals surface area contributed by atoms with Crippen molar-refractivity contribution in [3.63, 3.8) is 0 Å². The molecule has 0 spiro atoms. The van der Waals surface area contributed by atoms with E-state index in [4.69, 9.17) is 14.9 Å². The number of esters is 2. The van der Waals surface area contributed by atoms with Gasteiger partial charge in [0.1, 0.15) is 0 Å². The van der Waals surface area contributed by atoms with E-state index in [9.17, 15) is 24.3 Å². The van der Waals surface area contributed by atoms with Crippen molar-refractivity contribution in [2.45, 2.75) is 122 Å². The van der Waals surface area contributed by atoms with E-state index in [0.29, 0.717) is 12.8 Å². The zero-order valence-electron chi connectivity index (χ0n) is 19.8. The van der Waals surface area contributed by atoms with E-state index in [-0.39, 0.29) is 0 Å². The largest absolute Gasteiger partial charge is 0.481 e. The lowest BCUT2D eigenvalue weighted by Gasteiger charge is -2.21. The van der Waals surface area contributed by atoms with Crippen molar-refractivity contribution in [1.82, 2.24) is 0 Å². The lowest BCUT2D eigenvalue weighted by atomic mass is 9.93. The minimum atomic E-state index is -2.81. The summed E-state index contributed by atoms with van der Waals surface area (Å²) >= 11 is 0. The van der Waals surface area contributed by atoms with Crippen LogP contribution in [0.2, 0.25) is 0 Å². The van der Waals surface area contributed by atoms with Gasteiger partial charge in [0.15, 0.2) is 5.60 Å². The highest BCUT2D eigenvalue weighted by Crippen LogP contribution is 2.22. The Labute approximate surface area is 191 Å². The fraction of sp³-hybridized carbons (Fsp3) is 0.833. The molecule has 0 heterocycles. The number of hydrogen-bond acceptors (Lipinski definition) is 6. The fourth-order valence-electron chi connectivity index (χ4n) is 3.66. The van der Waals surface area contributed by atoms with E-state index in [1.807, 2.05) is 0 Å². The molecule has 0 rings (SSSR count). The maximum absolute atomic E-state index is 12.6. The van der Waals surface area contributed by atoms with Crippen LogP contribution in [0.15, 0.2) is 0 Å².